The maximum absolute atomic E-state index is 10.9. The summed E-state index contributed by atoms with van der Waals surface area (Å²) in [5.41, 5.74) is 5.69. The summed E-state index contributed by atoms with van der Waals surface area (Å²) in [5.74, 6) is 0.659. The molecule has 0 amide bonds. The molecule has 0 radical (unpaired) electrons. The number of rotatable bonds is 1. The molecule has 0 aliphatic heterocycles. The normalized spacial score (nSPS) is 30.7. The molecule has 0 aromatic carbocycles. The van der Waals surface area contributed by atoms with Crippen molar-refractivity contribution in [3.8, 4) is 0 Å². The second-order valence-electron chi connectivity index (χ2n) is 3.22. The third-order valence-electron chi connectivity index (χ3n) is 2.35. The number of carbonyl (C=O) groups is 1. The van der Waals surface area contributed by atoms with Gasteiger partial charge in [0.2, 0.25) is 0 Å². The van der Waals surface area contributed by atoms with E-state index >= 15 is 0 Å². The van der Waals surface area contributed by atoms with Crippen molar-refractivity contribution in [3.63, 3.8) is 0 Å². The van der Waals surface area contributed by atoms with E-state index in [1.165, 1.54) is 0 Å². The Kier molecular flexibility index (Phi) is 4.69. The Morgan fingerprint density at radius 3 is 2.09 bits per heavy atom. The molecule has 0 spiro atoms. The van der Waals surface area contributed by atoms with E-state index in [4.69, 9.17) is 5.73 Å². The highest BCUT2D eigenvalue weighted by Crippen LogP contribution is 2.23. The molecule has 0 aromatic heterocycles. The summed E-state index contributed by atoms with van der Waals surface area (Å²) in [7, 11) is 0. The average molecular weight is 178 g/mol. The van der Waals surface area contributed by atoms with Crippen molar-refractivity contribution >= 4 is 18.2 Å². The highest BCUT2D eigenvalue weighted by atomic mass is 35.5. The topological polar surface area (TPSA) is 43.1 Å². The molecule has 0 bridgehead atoms. The Hall–Kier alpha value is -0.0800. The molecule has 66 valence electrons. The van der Waals surface area contributed by atoms with Gasteiger partial charge in [0.1, 0.15) is 5.78 Å². The summed E-state index contributed by atoms with van der Waals surface area (Å²) in [6.45, 7) is 1.68. The lowest BCUT2D eigenvalue weighted by molar-refractivity contribution is -0.121. The number of Topliss-reactive ketones (excluding diaryl/α,β-unsaturated/α-hetero) is 1. The van der Waals surface area contributed by atoms with E-state index in [1.807, 2.05) is 0 Å². The Balaban J connectivity index is 0.000001000. The van der Waals surface area contributed by atoms with Gasteiger partial charge in [-0.25, -0.2) is 0 Å². The van der Waals surface area contributed by atoms with Gasteiger partial charge in [-0.15, -0.1) is 12.4 Å². The van der Waals surface area contributed by atoms with Gasteiger partial charge < -0.3 is 5.73 Å². The van der Waals surface area contributed by atoms with Crippen LogP contribution < -0.4 is 5.73 Å². The molecule has 1 aliphatic carbocycles. The first-order valence-corrected chi connectivity index (χ1v) is 3.96. The molecule has 1 aliphatic rings. The van der Waals surface area contributed by atoms with Crippen molar-refractivity contribution < 1.29 is 4.79 Å². The predicted molar refractivity (Wildman–Crippen MR) is 47.9 cm³/mol. The predicted octanol–water partition coefficient (Wildman–Crippen LogP) is 1.51. The maximum atomic E-state index is 10.9. The first kappa shape index (κ1) is 10.9. The highest BCUT2D eigenvalue weighted by molar-refractivity contribution is 5.85. The molecular weight excluding hydrogens is 162 g/mol. The standard InChI is InChI=1S/C8H15NO.ClH/c1-6(10)7-2-4-8(9)5-3-7;/h7-8H,2-5,9H2,1H3;1H. The third-order valence-corrected chi connectivity index (χ3v) is 2.35. The van der Waals surface area contributed by atoms with Crippen molar-refractivity contribution in [1.82, 2.24) is 0 Å². The average Bonchev–Trinajstić information content (AvgIpc) is 1.88. The molecule has 3 heteroatoms. The Morgan fingerprint density at radius 1 is 1.27 bits per heavy atom. The van der Waals surface area contributed by atoms with Crippen LogP contribution in [0.3, 0.4) is 0 Å². The minimum atomic E-state index is 0. The summed E-state index contributed by atoms with van der Waals surface area (Å²) in [4.78, 5) is 10.9. The number of hydrogen-bond acceptors (Lipinski definition) is 2. The van der Waals surface area contributed by atoms with E-state index < -0.39 is 0 Å². The van der Waals surface area contributed by atoms with E-state index in [0.29, 0.717) is 17.7 Å². The van der Waals surface area contributed by atoms with Crippen LogP contribution in [0.2, 0.25) is 0 Å². The number of nitrogens with two attached hydrogens (primary N) is 1. The van der Waals surface area contributed by atoms with Crippen molar-refractivity contribution in [2.75, 3.05) is 0 Å². The fourth-order valence-corrected chi connectivity index (χ4v) is 1.53. The molecule has 2 N–H and O–H groups in total. The van der Waals surface area contributed by atoms with Crippen LogP contribution in [0.15, 0.2) is 0 Å². The Morgan fingerprint density at radius 2 is 1.73 bits per heavy atom. The molecule has 11 heavy (non-hydrogen) atoms. The van der Waals surface area contributed by atoms with Gasteiger partial charge in [-0.05, 0) is 32.6 Å². The van der Waals surface area contributed by atoms with Crippen LogP contribution in [0.4, 0.5) is 0 Å². The first-order chi connectivity index (χ1) is 4.70. The number of ketones is 1. The molecule has 0 heterocycles. The molecule has 1 fully saturated rings. The van der Waals surface area contributed by atoms with E-state index in [9.17, 15) is 4.79 Å². The smallest absolute Gasteiger partial charge is 0.132 e. The lowest BCUT2D eigenvalue weighted by atomic mass is 9.84. The first-order valence-electron chi connectivity index (χ1n) is 3.96. The molecule has 1 rings (SSSR count). The highest BCUT2D eigenvalue weighted by Gasteiger charge is 2.21. The zero-order valence-electron chi connectivity index (χ0n) is 6.88. The van der Waals surface area contributed by atoms with Crippen molar-refractivity contribution in [2.24, 2.45) is 11.7 Å². The lowest BCUT2D eigenvalue weighted by Crippen LogP contribution is -2.28. The monoisotopic (exact) mass is 177 g/mol. The third kappa shape index (κ3) is 3.21. The van der Waals surface area contributed by atoms with Crippen LogP contribution in [0.5, 0.6) is 0 Å². The van der Waals surface area contributed by atoms with Crippen LogP contribution in [0, 0.1) is 5.92 Å². The summed E-state index contributed by atoms with van der Waals surface area (Å²) in [6.07, 6.45) is 4.08. The van der Waals surface area contributed by atoms with Gasteiger partial charge in [0, 0.05) is 12.0 Å². The van der Waals surface area contributed by atoms with Crippen molar-refractivity contribution in [1.29, 1.82) is 0 Å². The largest absolute Gasteiger partial charge is 0.328 e. The lowest BCUT2D eigenvalue weighted by Gasteiger charge is -2.23. The van der Waals surface area contributed by atoms with E-state index in [-0.39, 0.29) is 12.4 Å². The van der Waals surface area contributed by atoms with Crippen LogP contribution >= 0.6 is 12.4 Å². The van der Waals surface area contributed by atoms with E-state index in [1.54, 1.807) is 6.92 Å². The van der Waals surface area contributed by atoms with Gasteiger partial charge in [-0.2, -0.15) is 0 Å². The van der Waals surface area contributed by atoms with Crippen LogP contribution in [-0.2, 0) is 4.79 Å². The van der Waals surface area contributed by atoms with Gasteiger partial charge in [0.25, 0.3) is 0 Å². The summed E-state index contributed by atoms with van der Waals surface area (Å²) in [6, 6.07) is 0.357. The SMILES string of the molecule is CC(=O)C1CCC(N)CC1.Cl. The van der Waals surface area contributed by atoms with Crippen LogP contribution in [-0.4, -0.2) is 11.8 Å². The molecule has 2 nitrogen and oxygen atoms in total. The summed E-state index contributed by atoms with van der Waals surface area (Å²) >= 11 is 0. The quantitative estimate of drug-likeness (QED) is 0.660. The number of halogens is 1. The maximum Gasteiger partial charge on any atom is 0.132 e. The molecular formula is C8H16ClNO. The van der Waals surface area contributed by atoms with Gasteiger partial charge in [-0.1, -0.05) is 0 Å². The minimum absolute atomic E-state index is 0. The molecule has 0 aromatic rings. The minimum Gasteiger partial charge on any atom is -0.328 e. The number of hydrogen-bond donors (Lipinski definition) is 1. The van der Waals surface area contributed by atoms with Gasteiger partial charge >= 0.3 is 0 Å². The summed E-state index contributed by atoms with van der Waals surface area (Å²) < 4.78 is 0. The van der Waals surface area contributed by atoms with Gasteiger partial charge in [0.15, 0.2) is 0 Å². The Bertz CT molecular complexity index is 130. The molecule has 1 saturated carbocycles. The zero-order chi connectivity index (χ0) is 7.56. The van der Waals surface area contributed by atoms with Crippen LogP contribution in [0.25, 0.3) is 0 Å². The number of carbonyl (C=O) groups excluding carboxylic acids is 1. The van der Waals surface area contributed by atoms with Crippen LogP contribution in [0.1, 0.15) is 32.6 Å². The fraction of sp³-hybridized carbons (Fsp3) is 0.875. The molecule has 0 unspecified atom stereocenters. The molecule has 0 atom stereocenters. The van der Waals surface area contributed by atoms with Crippen molar-refractivity contribution in [3.05, 3.63) is 0 Å². The van der Waals surface area contributed by atoms with Crippen molar-refractivity contribution in [2.45, 2.75) is 38.6 Å². The van der Waals surface area contributed by atoms with E-state index in [0.717, 1.165) is 25.7 Å². The fourth-order valence-electron chi connectivity index (χ4n) is 1.53. The molecule has 0 saturated heterocycles. The second kappa shape index (κ2) is 4.73. The summed E-state index contributed by atoms with van der Waals surface area (Å²) in [5, 5.41) is 0. The van der Waals surface area contributed by atoms with Gasteiger partial charge in [-0.3, -0.25) is 4.79 Å². The Labute approximate surface area is 73.9 Å². The second-order valence-corrected chi connectivity index (χ2v) is 3.22. The van der Waals surface area contributed by atoms with E-state index in [2.05, 4.69) is 0 Å². The zero-order valence-corrected chi connectivity index (χ0v) is 7.69. The van der Waals surface area contributed by atoms with Gasteiger partial charge in [0.05, 0.1) is 0 Å².